The Balaban J connectivity index is 1.63. The minimum absolute atomic E-state index is 0.0900. The maximum atomic E-state index is 13.5. The SMILES string of the molecule is CC(C)C1C(=O)N(S(C)(=O)=O)C2CCN(C(=O)c3ccc(CN4CCCCC4)c([N+](=O)[O-])c3)C12. The van der Waals surface area contributed by atoms with Gasteiger partial charge in [-0.15, -0.1) is 0 Å². The summed E-state index contributed by atoms with van der Waals surface area (Å²) in [7, 11) is -3.77. The van der Waals surface area contributed by atoms with Crippen LogP contribution in [0, 0.1) is 22.0 Å². The standard InChI is InChI=1S/C23H32N4O6S/c1-15(2)20-21-18(26(23(20)29)34(3,32)33)9-12-25(21)22(28)16-7-8-17(19(13-16)27(30)31)14-24-10-5-4-6-11-24/h7-8,13,15,18,20-21H,4-6,9-12,14H2,1-3H3. The second kappa shape index (κ2) is 9.26. The number of carbonyl (C=O) groups is 2. The first-order chi connectivity index (χ1) is 16.0. The summed E-state index contributed by atoms with van der Waals surface area (Å²) in [6, 6.07) is 3.40. The molecule has 186 valence electrons. The number of piperidine rings is 1. The molecule has 0 N–H and O–H groups in total. The van der Waals surface area contributed by atoms with E-state index >= 15 is 0 Å². The molecule has 4 rings (SSSR count). The van der Waals surface area contributed by atoms with Crippen molar-refractivity contribution in [3.8, 4) is 0 Å². The normalized spacial score (nSPS) is 25.8. The summed E-state index contributed by atoms with van der Waals surface area (Å²) in [6.07, 6.45) is 4.68. The Morgan fingerprint density at radius 3 is 2.44 bits per heavy atom. The van der Waals surface area contributed by atoms with Crippen LogP contribution in [0.1, 0.15) is 55.5 Å². The predicted octanol–water partition coefficient (Wildman–Crippen LogP) is 2.24. The van der Waals surface area contributed by atoms with E-state index in [2.05, 4.69) is 4.90 Å². The molecule has 0 aromatic heterocycles. The molecule has 3 saturated heterocycles. The smallest absolute Gasteiger partial charge is 0.274 e. The van der Waals surface area contributed by atoms with E-state index in [4.69, 9.17) is 0 Å². The molecule has 3 heterocycles. The van der Waals surface area contributed by atoms with Crippen molar-refractivity contribution < 1.29 is 22.9 Å². The molecule has 3 fully saturated rings. The number of rotatable bonds is 6. The van der Waals surface area contributed by atoms with E-state index in [0.29, 0.717) is 25.1 Å². The van der Waals surface area contributed by atoms with Gasteiger partial charge in [0.15, 0.2) is 0 Å². The highest BCUT2D eigenvalue weighted by Gasteiger charge is 2.58. The summed E-state index contributed by atoms with van der Waals surface area (Å²) in [5, 5.41) is 11.8. The van der Waals surface area contributed by atoms with E-state index in [0.717, 1.165) is 36.5 Å². The van der Waals surface area contributed by atoms with Crippen molar-refractivity contribution in [2.45, 2.75) is 58.2 Å². The van der Waals surface area contributed by atoms with Crippen LogP contribution in [0.2, 0.25) is 0 Å². The number of fused-ring (bicyclic) bond motifs is 1. The van der Waals surface area contributed by atoms with Crippen LogP contribution in [0.4, 0.5) is 5.69 Å². The zero-order valence-electron chi connectivity index (χ0n) is 19.8. The van der Waals surface area contributed by atoms with Crippen molar-refractivity contribution in [2.24, 2.45) is 11.8 Å². The molecule has 3 atom stereocenters. The molecule has 3 unspecified atom stereocenters. The second-order valence-electron chi connectivity index (χ2n) is 9.95. The number of benzene rings is 1. The van der Waals surface area contributed by atoms with E-state index in [9.17, 15) is 28.1 Å². The maximum Gasteiger partial charge on any atom is 0.274 e. The van der Waals surface area contributed by atoms with Gasteiger partial charge in [0, 0.05) is 30.3 Å². The highest BCUT2D eigenvalue weighted by atomic mass is 32.2. The first kappa shape index (κ1) is 24.6. The average Bonchev–Trinajstić information content (AvgIpc) is 3.29. The fraction of sp³-hybridized carbons (Fsp3) is 0.652. The van der Waals surface area contributed by atoms with Crippen LogP contribution in [0.5, 0.6) is 0 Å². The van der Waals surface area contributed by atoms with Crippen molar-refractivity contribution in [3.05, 3.63) is 39.4 Å². The maximum absolute atomic E-state index is 13.5. The lowest BCUT2D eigenvalue weighted by atomic mass is 9.88. The number of nitro benzene ring substituents is 1. The van der Waals surface area contributed by atoms with Crippen LogP contribution in [0.3, 0.4) is 0 Å². The Morgan fingerprint density at radius 1 is 1.18 bits per heavy atom. The third-order valence-corrected chi connectivity index (χ3v) is 8.46. The third kappa shape index (κ3) is 4.43. The minimum Gasteiger partial charge on any atom is -0.333 e. The molecule has 0 radical (unpaired) electrons. The van der Waals surface area contributed by atoms with Gasteiger partial charge in [-0.2, -0.15) is 0 Å². The van der Waals surface area contributed by atoms with Gasteiger partial charge in [0.25, 0.3) is 11.6 Å². The molecule has 0 saturated carbocycles. The van der Waals surface area contributed by atoms with Gasteiger partial charge in [0.1, 0.15) is 0 Å². The van der Waals surface area contributed by atoms with E-state index in [1.54, 1.807) is 17.0 Å². The van der Waals surface area contributed by atoms with Gasteiger partial charge in [-0.05, 0) is 44.3 Å². The van der Waals surface area contributed by atoms with Gasteiger partial charge in [0.05, 0.1) is 29.2 Å². The average molecular weight is 493 g/mol. The third-order valence-electron chi connectivity index (χ3n) is 7.30. The molecule has 11 heteroatoms. The quantitative estimate of drug-likeness (QED) is 0.441. The van der Waals surface area contributed by atoms with Crippen LogP contribution in [0.15, 0.2) is 18.2 Å². The van der Waals surface area contributed by atoms with Crippen LogP contribution >= 0.6 is 0 Å². The molecule has 1 aromatic carbocycles. The number of sulfonamides is 1. The summed E-state index contributed by atoms with van der Waals surface area (Å²) in [6.45, 7) is 6.23. The lowest BCUT2D eigenvalue weighted by Crippen LogP contribution is -2.44. The number of nitro groups is 1. The van der Waals surface area contributed by atoms with Gasteiger partial charge in [-0.3, -0.25) is 24.6 Å². The zero-order valence-corrected chi connectivity index (χ0v) is 20.7. The number of amides is 2. The second-order valence-corrected chi connectivity index (χ2v) is 11.8. The number of hydrogen-bond donors (Lipinski definition) is 0. The van der Waals surface area contributed by atoms with E-state index in [-0.39, 0.29) is 17.2 Å². The Kier molecular flexibility index (Phi) is 6.69. The van der Waals surface area contributed by atoms with Crippen LogP contribution in [-0.4, -0.2) is 77.2 Å². The first-order valence-corrected chi connectivity index (χ1v) is 13.7. The van der Waals surface area contributed by atoms with Gasteiger partial charge in [-0.1, -0.05) is 26.3 Å². The number of hydrogen-bond acceptors (Lipinski definition) is 7. The van der Waals surface area contributed by atoms with Gasteiger partial charge in [-0.25, -0.2) is 12.7 Å². The molecule has 0 bridgehead atoms. The fourth-order valence-corrected chi connectivity index (χ4v) is 6.97. The molecular weight excluding hydrogens is 460 g/mol. The van der Waals surface area contributed by atoms with Crippen LogP contribution in [0.25, 0.3) is 0 Å². The van der Waals surface area contributed by atoms with Crippen LogP contribution in [-0.2, 0) is 21.4 Å². The Bertz CT molecular complexity index is 1100. The van der Waals surface area contributed by atoms with E-state index < -0.39 is 44.8 Å². The summed E-state index contributed by atoms with van der Waals surface area (Å²) >= 11 is 0. The topological polar surface area (TPSA) is 121 Å². The summed E-state index contributed by atoms with van der Waals surface area (Å²) in [4.78, 5) is 41.6. The largest absolute Gasteiger partial charge is 0.333 e. The molecule has 2 amide bonds. The van der Waals surface area contributed by atoms with Crippen molar-refractivity contribution >= 4 is 27.5 Å². The molecule has 0 aliphatic carbocycles. The molecule has 3 aliphatic rings. The number of likely N-dealkylation sites (tertiary alicyclic amines) is 2. The monoisotopic (exact) mass is 492 g/mol. The lowest BCUT2D eigenvalue weighted by molar-refractivity contribution is -0.385. The number of nitrogens with zero attached hydrogens (tertiary/aromatic N) is 4. The zero-order chi connectivity index (χ0) is 24.8. The molecule has 34 heavy (non-hydrogen) atoms. The summed E-state index contributed by atoms with van der Waals surface area (Å²) < 4.78 is 25.6. The van der Waals surface area contributed by atoms with E-state index in [1.165, 1.54) is 12.5 Å². The first-order valence-electron chi connectivity index (χ1n) is 11.8. The predicted molar refractivity (Wildman–Crippen MR) is 125 cm³/mol. The van der Waals surface area contributed by atoms with Crippen molar-refractivity contribution in [2.75, 3.05) is 25.9 Å². The summed E-state index contributed by atoms with van der Waals surface area (Å²) in [5.41, 5.74) is 0.664. The molecule has 0 spiro atoms. The van der Waals surface area contributed by atoms with Crippen molar-refractivity contribution in [1.29, 1.82) is 0 Å². The lowest BCUT2D eigenvalue weighted by Gasteiger charge is -2.29. The fourth-order valence-electron chi connectivity index (χ4n) is 5.80. The van der Waals surface area contributed by atoms with Gasteiger partial charge < -0.3 is 4.90 Å². The van der Waals surface area contributed by atoms with E-state index in [1.807, 2.05) is 13.8 Å². The van der Waals surface area contributed by atoms with Gasteiger partial charge in [0.2, 0.25) is 15.9 Å². The molecule has 10 nitrogen and oxygen atoms in total. The Hall–Kier alpha value is -2.53. The minimum atomic E-state index is -3.77. The Morgan fingerprint density at radius 2 is 1.85 bits per heavy atom. The molecule has 1 aromatic rings. The van der Waals surface area contributed by atoms with Crippen LogP contribution < -0.4 is 0 Å². The highest BCUT2D eigenvalue weighted by Crippen LogP contribution is 2.42. The molecular formula is C23H32N4O6S. The number of carbonyl (C=O) groups excluding carboxylic acids is 2. The van der Waals surface area contributed by atoms with Crippen molar-refractivity contribution in [3.63, 3.8) is 0 Å². The highest BCUT2D eigenvalue weighted by molar-refractivity contribution is 7.88. The Labute approximate surface area is 200 Å². The van der Waals surface area contributed by atoms with Crippen molar-refractivity contribution in [1.82, 2.24) is 14.1 Å². The molecule has 3 aliphatic heterocycles. The van der Waals surface area contributed by atoms with Gasteiger partial charge >= 0.3 is 0 Å². The summed E-state index contributed by atoms with van der Waals surface area (Å²) in [5.74, 6) is -1.69.